The first-order valence-corrected chi connectivity index (χ1v) is 6.96. The summed E-state index contributed by atoms with van der Waals surface area (Å²) in [5.41, 5.74) is 0. The number of nitrogens with zero attached hydrogens (tertiary/aromatic N) is 4. The molecule has 1 N–H and O–H groups in total. The lowest BCUT2D eigenvalue weighted by Gasteiger charge is -2.41. The van der Waals surface area contributed by atoms with Gasteiger partial charge in [0.05, 0.1) is 37.4 Å². The summed E-state index contributed by atoms with van der Waals surface area (Å²) >= 11 is 0. The van der Waals surface area contributed by atoms with Gasteiger partial charge in [-0.25, -0.2) is 0 Å². The lowest BCUT2D eigenvalue weighted by atomic mass is 9.87. The third-order valence-electron chi connectivity index (χ3n) is 3.78. The summed E-state index contributed by atoms with van der Waals surface area (Å²) in [4.78, 5) is 26.4. The SMILES string of the molecule is CC(C(=O)O)C1CN(CC(=O)N(CCC#N)CCC#N)C1. The van der Waals surface area contributed by atoms with E-state index in [1.165, 1.54) is 4.90 Å². The van der Waals surface area contributed by atoms with Gasteiger partial charge in [-0.15, -0.1) is 0 Å². The molecule has 7 heteroatoms. The average Bonchev–Trinajstić information content (AvgIpc) is 2.41. The first-order valence-electron chi connectivity index (χ1n) is 6.96. The van der Waals surface area contributed by atoms with Crippen molar-refractivity contribution in [2.45, 2.75) is 19.8 Å². The van der Waals surface area contributed by atoms with E-state index in [-0.39, 0.29) is 31.2 Å². The van der Waals surface area contributed by atoms with Crippen molar-refractivity contribution < 1.29 is 14.7 Å². The Morgan fingerprint density at radius 2 is 1.81 bits per heavy atom. The molecule has 114 valence electrons. The van der Waals surface area contributed by atoms with Crippen LogP contribution in [0.1, 0.15) is 19.8 Å². The first kappa shape index (κ1) is 16.9. The summed E-state index contributed by atoms with van der Waals surface area (Å²) in [5, 5.41) is 26.1. The Labute approximate surface area is 124 Å². The number of carbonyl (C=O) groups excluding carboxylic acids is 1. The lowest BCUT2D eigenvalue weighted by molar-refractivity contribution is -0.146. The van der Waals surface area contributed by atoms with Crippen LogP contribution in [0.3, 0.4) is 0 Å². The molecular weight excluding hydrogens is 272 g/mol. The Morgan fingerprint density at radius 1 is 1.29 bits per heavy atom. The number of carbonyl (C=O) groups is 2. The summed E-state index contributed by atoms with van der Waals surface area (Å²) in [5.74, 6) is -1.23. The second kappa shape index (κ2) is 8.23. The fraction of sp³-hybridized carbons (Fsp3) is 0.714. The molecule has 21 heavy (non-hydrogen) atoms. The second-order valence-corrected chi connectivity index (χ2v) is 5.28. The van der Waals surface area contributed by atoms with Gasteiger partial charge in [0.2, 0.25) is 5.91 Å². The largest absolute Gasteiger partial charge is 0.481 e. The van der Waals surface area contributed by atoms with Crippen LogP contribution >= 0.6 is 0 Å². The molecular formula is C14H20N4O3. The number of carboxylic acids is 1. The van der Waals surface area contributed by atoms with Crippen LogP contribution in [-0.4, -0.2) is 59.5 Å². The molecule has 0 bridgehead atoms. The van der Waals surface area contributed by atoms with Gasteiger partial charge in [0.1, 0.15) is 0 Å². The van der Waals surface area contributed by atoms with E-state index in [1.807, 2.05) is 17.0 Å². The number of hydrogen-bond acceptors (Lipinski definition) is 5. The highest BCUT2D eigenvalue weighted by atomic mass is 16.4. The molecule has 0 aromatic heterocycles. The average molecular weight is 292 g/mol. The molecule has 0 aliphatic carbocycles. The van der Waals surface area contributed by atoms with Crippen LogP contribution in [0.15, 0.2) is 0 Å². The molecule has 0 spiro atoms. The molecule has 1 saturated heterocycles. The number of aliphatic carboxylic acids is 1. The Morgan fingerprint density at radius 3 is 2.24 bits per heavy atom. The maximum atomic E-state index is 12.1. The number of carboxylic acid groups (broad SMARTS) is 1. The minimum absolute atomic E-state index is 0.0852. The van der Waals surface area contributed by atoms with Crippen molar-refractivity contribution in [1.82, 2.24) is 9.80 Å². The molecule has 1 heterocycles. The Balaban J connectivity index is 2.39. The highest BCUT2D eigenvalue weighted by Gasteiger charge is 2.35. The van der Waals surface area contributed by atoms with Crippen LogP contribution in [0.2, 0.25) is 0 Å². The number of amides is 1. The predicted octanol–water partition coefficient (Wildman–Crippen LogP) is 0.295. The molecule has 1 unspecified atom stereocenters. The molecule has 0 saturated carbocycles. The Kier molecular flexibility index (Phi) is 6.64. The van der Waals surface area contributed by atoms with Crippen LogP contribution in [0.5, 0.6) is 0 Å². The summed E-state index contributed by atoms with van der Waals surface area (Å²) in [6, 6.07) is 3.98. The fourth-order valence-electron chi connectivity index (χ4n) is 2.28. The first-order chi connectivity index (χ1) is 9.99. The van der Waals surface area contributed by atoms with E-state index >= 15 is 0 Å². The zero-order valence-electron chi connectivity index (χ0n) is 12.2. The van der Waals surface area contributed by atoms with Gasteiger partial charge < -0.3 is 10.0 Å². The van der Waals surface area contributed by atoms with Crippen molar-refractivity contribution in [1.29, 1.82) is 10.5 Å². The maximum absolute atomic E-state index is 12.1. The molecule has 0 aromatic carbocycles. The van der Waals surface area contributed by atoms with Crippen molar-refractivity contribution in [2.75, 3.05) is 32.7 Å². The molecule has 1 aliphatic heterocycles. The third-order valence-corrected chi connectivity index (χ3v) is 3.78. The molecule has 1 rings (SSSR count). The number of rotatable bonds is 8. The zero-order valence-corrected chi connectivity index (χ0v) is 12.2. The van der Waals surface area contributed by atoms with E-state index in [2.05, 4.69) is 0 Å². The number of hydrogen-bond donors (Lipinski definition) is 1. The van der Waals surface area contributed by atoms with Crippen molar-refractivity contribution >= 4 is 11.9 Å². The molecule has 1 atom stereocenters. The molecule has 0 aromatic rings. The summed E-state index contributed by atoms with van der Waals surface area (Å²) in [6.45, 7) is 3.77. The molecule has 7 nitrogen and oxygen atoms in total. The summed E-state index contributed by atoms with van der Waals surface area (Å²) in [7, 11) is 0. The van der Waals surface area contributed by atoms with E-state index in [1.54, 1.807) is 6.92 Å². The van der Waals surface area contributed by atoms with Gasteiger partial charge in [-0.1, -0.05) is 6.92 Å². The lowest BCUT2D eigenvalue weighted by Crippen LogP contribution is -2.54. The number of nitriles is 2. The van der Waals surface area contributed by atoms with Crippen LogP contribution in [-0.2, 0) is 9.59 Å². The fourth-order valence-corrected chi connectivity index (χ4v) is 2.28. The standard InChI is InChI=1S/C14H20N4O3/c1-11(14(20)21)12-8-17(9-12)10-13(19)18(6-2-4-15)7-3-5-16/h11-12H,2-3,6-10H2,1H3,(H,20,21). The van der Waals surface area contributed by atoms with Crippen LogP contribution in [0.25, 0.3) is 0 Å². The molecule has 1 aliphatic rings. The van der Waals surface area contributed by atoms with E-state index < -0.39 is 11.9 Å². The quantitative estimate of drug-likeness (QED) is 0.689. The van der Waals surface area contributed by atoms with Crippen LogP contribution < -0.4 is 0 Å². The van der Waals surface area contributed by atoms with Gasteiger partial charge in [-0.3, -0.25) is 14.5 Å². The van der Waals surface area contributed by atoms with E-state index in [9.17, 15) is 9.59 Å². The van der Waals surface area contributed by atoms with E-state index in [0.717, 1.165) is 0 Å². The van der Waals surface area contributed by atoms with E-state index in [0.29, 0.717) is 26.2 Å². The van der Waals surface area contributed by atoms with Gasteiger partial charge in [-0.05, 0) is 5.92 Å². The van der Waals surface area contributed by atoms with Gasteiger partial charge in [0, 0.05) is 26.2 Å². The van der Waals surface area contributed by atoms with Crippen LogP contribution in [0.4, 0.5) is 0 Å². The van der Waals surface area contributed by atoms with Gasteiger partial charge in [0.15, 0.2) is 0 Å². The number of likely N-dealkylation sites (tertiary alicyclic amines) is 1. The van der Waals surface area contributed by atoms with Crippen LogP contribution in [0, 0.1) is 34.5 Å². The zero-order chi connectivity index (χ0) is 15.8. The topological polar surface area (TPSA) is 108 Å². The molecule has 1 fully saturated rings. The normalized spacial score (nSPS) is 16.3. The van der Waals surface area contributed by atoms with Crippen molar-refractivity contribution in [3.63, 3.8) is 0 Å². The summed E-state index contributed by atoms with van der Waals surface area (Å²) < 4.78 is 0. The Hall–Kier alpha value is -2.12. The predicted molar refractivity (Wildman–Crippen MR) is 73.8 cm³/mol. The maximum Gasteiger partial charge on any atom is 0.306 e. The third kappa shape index (κ3) is 5.05. The van der Waals surface area contributed by atoms with Gasteiger partial charge in [-0.2, -0.15) is 10.5 Å². The smallest absolute Gasteiger partial charge is 0.306 e. The molecule has 1 amide bonds. The minimum Gasteiger partial charge on any atom is -0.481 e. The van der Waals surface area contributed by atoms with Gasteiger partial charge in [0.25, 0.3) is 0 Å². The molecule has 0 radical (unpaired) electrons. The van der Waals surface area contributed by atoms with Crippen molar-refractivity contribution in [3.8, 4) is 12.1 Å². The summed E-state index contributed by atoms with van der Waals surface area (Å²) in [6.07, 6.45) is 0.492. The van der Waals surface area contributed by atoms with E-state index in [4.69, 9.17) is 15.6 Å². The van der Waals surface area contributed by atoms with Gasteiger partial charge >= 0.3 is 5.97 Å². The van der Waals surface area contributed by atoms with Crippen molar-refractivity contribution in [2.24, 2.45) is 11.8 Å². The second-order valence-electron chi connectivity index (χ2n) is 5.28. The highest BCUT2D eigenvalue weighted by molar-refractivity contribution is 5.78. The van der Waals surface area contributed by atoms with Crippen molar-refractivity contribution in [3.05, 3.63) is 0 Å². The monoisotopic (exact) mass is 292 g/mol. The Bertz CT molecular complexity index is 442. The highest BCUT2D eigenvalue weighted by Crippen LogP contribution is 2.23. The minimum atomic E-state index is -0.810.